The van der Waals surface area contributed by atoms with E-state index in [1.54, 1.807) is 6.21 Å². The molecule has 5 rings (SSSR count). The van der Waals surface area contributed by atoms with Crippen molar-refractivity contribution in [1.82, 2.24) is 15.0 Å². The Hall–Kier alpha value is -3.01. The minimum atomic E-state index is -0.185. The van der Waals surface area contributed by atoms with Gasteiger partial charge in [0.25, 0.3) is 0 Å². The third-order valence-corrected chi connectivity index (χ3v) is 5.60. The maximum atomic E-state index is 5.67. The molecule has 1 aromatic carbocycles. The quantitative estimate of drug-likeness (QED) is 0.434. The van der Waals surface area contributed by atoms with Crippen molar-refractivity contribution >= 4 is 28.8 Å². The lowest BCUT2D eigenvalue weighted by atomic mass is 10.2. The maximum absolute atomic E-state index is 5.67. The molecule has 32 heavy (non-hydrogen) atoms. The van der Waals surface area contributed by atoms with Crippen LogP contribution < -0.4 is 10.3 Å². The van der Waals surface area contributed by atoms with Crippen LogP contribution in [0.5, 0.6) is 0 Å². The predicted molar refractivity (Wildman–Crippen MR) is 123 cm³/mol. The molecule has 0 amide bonds. The number of aromatic nitrogens is 3. The number of para-hydroxylation sites is 1. The monoisotopic (exact) mass is 436 g/mol. The van der Waals surface area contributed by atoms with E-state index >= 15 is 0 Å². The second kappa shape index (κ2) is 10.1. The van der Waals surface area contributed by atoms with Crippen LogP contribution in [-0.2, 0) is 20.6 Å². The van der Waals surface area contributed by atoms with E-state index in [1.165, 1.54) is 0 Å². The number of benzene rings is 1. The van der Waals surface area contributed by atoms with Crippen LogP contribution in [-0.4, -0.2) is 67.0 Å². The summed E-state index contributed by atoms with van der Waals surface area (Å²) >= 11 is 0. The van der Waals surface area contributed by atoms with Gasteiger partial charge in [-0.1, -0.05) is 18.2 Å². The second-order valence-corrected chi connectivity index (χ2v) is 7.85. The number of aryl methyl sites for hydroxylation is 1. The number of nitrogens with one attached hydrogen (secondary N) is 2. The van der Waals surface area contributed by atoms with Crippen molar-refractivity contribution in [2.75, 3.05) is 49.8 Å². The molecule has 0 atom stereocenters. The number of hydrogen-bond acceptors (Lipinski definition) is 8. The van der Waals surface area contributed by atoms with E-state index < -0.39 is 0 Å². The van der Waals surface area contributed by atoms with Gasteiger partial charge < -0.3 is 24.1 Å². The van der Waals surface area contributed by atoms with E-state index in [-0.39, 0.29) is 6.29 Å². The lowest BCUT2D eigenvalue weighted by Gasteiger charge is -2.28. The molecule has 168 valence electrons. The van der Waals surface area contributed by atoms with Crippen molar-refractivity contribution in [1.29, 1.82) is 0 Å². The number of aromatic amines is 1. The van der Waals surface area contributed by atoms with Gasteiger partial charge in [-0.15, -0.1) is 0 Å². The normalized spacial score (nSPS) is 17.9. The minimum absolute atomic E-state index is 0.185. The number of morpholine rings is 1. The van der Waals surface area contributed by atoms with Crippen LogP contribution in [0.3, 0.4) is 0 Å². The summed E-state index contributed by atoms with van der Waals surface area (Å²) < 4.78 is 16.8. The van der Waals surface area contributed by atoms with Crippen molar-refractivity contribution < 1.29 is 14.2 Å². The van der Waals surface area contributed by atoms with Crippen molar-refractivity contribution in [3.63, 3.8) is 0 Å². The third-order valence-electron chi connectivity index (χ3n) is 5.60. The molecule has 0 aliphatic carbocycles. The number of rotatable bonds is 7. The number of ether oxygens (including phenoxy) is 3. The van der Waals surface area contributed by atoms with Crippen molar-refractivity contribution in [3.05, 3.63) is 47.9 Å². The first-order valence-electron chi connectivity index (χ1n) is 11.1. The Bertz CT molecular complexity index is 1060. The van der Waals surface area contributed by atoms with Gasteiger partial charge in [-0.2, -0.15) is 5.10 Å². The third kappa shape index (κ3) is 5.07. The standard InChI is InChI=1S/C23H28N6O3/c1-2-5-19-18(4-1)17(15-24-19)16-25-28-21-14-22(29-8-12-30-13-9-29)27-20(26-21)6-7-23-31-10-3-11-32-23/h1-2,4-5,14-16,23-24H,3,6-13H2,(H,26,27,28)/b25-16-. The van der Waals surface area contributed by atoms with Gasteiger partial charge in [0, 0.05) is 54.7 Å². The number of hydrogen-bond donors (Lipinski definition) is 2. The van der Waals surface area contributed by atoms with Gasteiger partial charge in [-0.05, 0) is 12.5 Å². The molecular formula is C23H28N6O3. The molecular weight excluding hydrogens is 408 g/mol. The molecule has 0 unspecified atom stereocenters. The van der Waals surface area contributed by atoms with Gasteiger partial charge in [0.2, 0.25) is 0 Å². The highest BCUT2D eigenvalue weighted by atomic mass is 16.7. The highest BCUT2D eigenvalue weighted by Crippen LogP contribution is 2.20. The summed E-state index contributed by atoms with van der Waals surface area (Å²) in [5, 5.41) is 5.56. The topological polar surface area (TPSA) is 96.9 Å². The van der Waals surface area contributed by atoms with Gasteiger partial charge in [0.15, 0.2) is 12.1 Å². The SMILES string of the molecule is C(=N/Nc1cc(N2CCOCC2)nc(CCC2OCCCO2)n1)/c1c[nH]c2ccccc12. The predicted octanol–water partition coefficient (Wildman–Crippen LogP) is 2.94. The van der Waals surface area contributed by atoms with E-state index in [0.29, 0.717) is 25.5 Å². The Morgan fingerprint density at radius 1 is 1.12 bits per heavy atom. The van der Waals surface area contributed by atoms with Crippen LogP contribution in [0, 0.1) is 0 Å². The van der Waals surface area contributed by atoms with Gasteiger partial charge in [-0.25, -0.2) is 9.97 Å². The molecule has 3 aromatic rings. The summed E-state index contributed by atoms with van der Waals surface area (Å²) in [5.41, 5.74) is 5.19. The summed E-state index contributed by atoms with van der Waals surface area (Å²) in [6.45, 7) is 4.51. The van der Waals surface area contributed by atoms with Gasteiger partial charge in [-0.3, -0.25) is 5.43 Å². The number of nitrogens with zero attached hydrogens (tertiary/aromatic N) is 4. The van der Waals surface area contributed by atoms with E-state index in [1.807, 2.05) is 30.5 Å². The van der Waals surface area contributed by atoms with E-state index in [4.69, 9.17) is 19.2 Å². The highest BCUT2D eigenvalue weighted by molar-refractivity contribution is 5.99. The summed E-state index contributed by atoms with van der Waals surface area (Å²) in [4.78, 5) is 15.0. The van der Waals surface area contributed by atoms with Crippen molar-refractivity contribution in [3.8, 4) is 0 Å². The number of fused-ring (bicyclic) bond motifs is 1. The van der Waals surface area contributed by atoms with Crippen molar-refractivity contribution in [2.45, 2.75) is 25.6 Å². The molecule has 2 fully saturated rings. The molecule has 2 saturated heterocycles. The second-order valence-electron chi connectivity index (χ2n) is 7.85. The number of H-pyrrole nitrogens is 1. The molecule has 0 spiro atoms. The number of hydrazone groups is 1. The molecule has 2 aromatic heterocycles. The lowest BCUT2D eigenvalue weighted by Crippen LogP contribution is -2.37. The molecule has 9 heteroatoms. The first kappa shape index (κ1) is 20.9. The fourth-order valence-corrected chi connectivity index (χ4v) is 3.93. The van der Waals surface area contributed by atoms with Crippen LogP contribution in [0.15, 0.2) is 41.6 Å². The molecule has 2 aliphatic rings. The zero-order valence-corrected chi connectivity index (χ0v) is 18.0. The molecule has 4 heterocycles. The zero-order chi connectivity index (χ0) is 21.6. The average Bonchev–Trinajstić information content (AvgIpc) is 3.27. The van der Waals surface area contributed by atoms with Crippen LogP contribution in [0.2, 0.25) is 0 Å². The first-order chi connectivity index (χ1) is 15.8. The summed E-state index contributed by atoms with van der Waals surface area (Å²) in [7, 11) is 0. The Morgan fingerprint density at radius 2 is 1.97 bits per heavy atom. The minimum Gasteiger partial charge on any atom is -0.378 e. The molecule has 0 radical (unpaired) electrons. The summed E-state index contributed by atoms with van der Waals surface area (Å²) in [6.07, 6.45) is 5.91. The van der Waals surface area contributed by atoms with Crippen LogP contribution in [0.4, 0.5) is 11.6 Å². The molecule has 2 aliphatic heterocycles. The molecule has 2 N–H and O–H groups in total. The van der Waals surface area contributed by atoms with Gasteiger partial charge in [0.1, 0.15) is 11.6 Å². The Morgan fingerprint density at radius 3 is 2.84 bits per heavy atom. The Kier molecular flexibility index (Phi) is 6.57. The maximum Gasteiger partial charge on any atom is 0.158 e. The van der Waals surface area contributed by atoms with Crippen LogP contribution in [0.1, 0.15) is 24.2 Å². The Balaban J connectivity index is 1.32. The van der Waals surface area contributed by atoms with Gasteiger partial charge in [0.05, 0.1) is 32.6 Å². The fourth-order valence-electron chi connectivity index (χ4n) is 3.93. The summed E-state index contributed by atoms with van der Waals surface area (Å²) in [5.74, 6) is 2.29. The smallest absolute Gasteiger partial charge is 0.158 e. The molecule has 0 saturated carbocycles. The average molecular weight is 437 g/mol. The van der Waals surface area contributed by atoms with Gasteiger partial charge >= 0.3 is 0 Å². The number of anilines is 2. The Labute approximate surface area is 186 Å². The van der Waals surface area contributed by atoms with E-state index in [2.05, 4.69) is 31.5 Å². The summed E-state index contributed by atoms with van der Waals surface area (Å²) in [6, 6.07) is 10.1. The largest absolute Gasteiger partial charge is 0.378 e. The van der Waals surface area contributed by atoms with E-state index in [9.17, 15) is 0 Å². The molecule has 9 nitrogen and oxygen atoms in total. The van der Waals surface area contributed by atoms with Crippen LogP contribution in [0.25, 0.3) is 10.9 Å². The van der Waals surface area contributed by atoms with E-state index in [0.717, 1.165) is 67.3 Å². The highest BCUT2D eigenvalue weighted by Gasteiger charge is 2.18. The molecule has 0 bridgehead atoms. The first-order valence-corrected chi connectivity index (χ1v) is 11.1. The van der Waals surface area contributed by atoms with Crippen molar-refractivity contribution in [2.24, 2.45) is 5.10 Å². The van der Waals surface area contributed by atoms with Crippen LogP contribution >= 0.6 is 0 Å². The zero-order valence-electron chi connectivity index (χ0n) is 18.0. The fraction of sp³-hybridized carbons (Fsp3) is 0.435. The lowest BCUT2D eigenvalue weighted by molar-refractivity contribution is -0.180.